The molecule has 0 saturated carbocycles. The molecule has 0 N–H and O–H groups in total. The van der Waals surface area contributed by atoms with Gasteiger partial charge >= 0.3 is 5.97 Å². The summed E-state index contributed by atoms with van der Waals surface area (Å²) in [5, 5.41) is 4.18. The van der Waals surface area contributed by atoms with Gasteiger partial charge in [0.25, 0.3) is 5.82 Å². The fourth-order valence-electron chi connectivity index (χ4n) is 3.18. The van der Waals surface area contributed by atoms with E-state index in [-0.39, 0.29) is 11.9 Å². The van der Waals surface area contributed by atoms with Gasteiger partial charge in [-0.05, 0) is 18.9 Å². The standard InChI is InChI=1S/C17H22N4O4/c1-23-12-6-7-13(15(9-12)24-2)14-5-4-8-20(14)11-21-10-18-16(19-21)17(22)25-3/h6-7,9-10,14H,4-5,8,11H2,1-3H3. The number of hydrogen-bond acceptors (Lipinski definition) is 7. The Hall–Kier alpha value is -2.61. The first-order valence-electron chi connectivity index (χ1n) is 8.10. The van der Waals surface area contributed by atoms with Crippen LogP contribution in [0.5, 0.6) is 11.5 Å². The van der Waals surface area contributed by atoms with E-state index in [1.54, 1.807) is 25.2 Å². The number of likely N-dealkylation sites (tertiary alicyclic amines) is 1. The second kappa shape index (κ2) is 7.52. The first-order valence-corrected chi connectivity index (χ1v) is 8.10. The highest BCUT2D eigenvalue weighted by Gasteiger charge is 2.29. The van der Waals surface area contributed by atoms with Crippen molar-refractivity contribution < 1.29 is 19.0 Å². The summed E-state index contributed by atoms with van der Waals surface area (Å²) in [6.45, 7) is 1.48. The summed E-state index contributed by atoms with van der Waals surface area (Å²) in [6.07, 6.45) is 3.66. The van der Waals surface area contributed by atoms with Crippen LogP contribution >= 0.6 is 0 Å². The molecule has 1 fully saturated rings. The van der Waals surface area contributed by atoms with Gasteiger partial charge in [0, 0.05) is 24.2 Å². The summed E-state index contributed by atoms with van der Waals surface area (Å²) in [5.41, 5.74) is 1.12. The molecule has 0 radical (unpaired) electrons. The first kappa shape index (κ1) is 17.2. The molecule has 1 aromatic carbocycles. The molecule has 134 valence electrons. The summed E-state index contributed by atoms with van der Waals surface area (Å²) in [5.74, 6) is 1.11. The highest BCUT2D eigenvalue weighted by Crippen LogP contribution is 2.38. The Kier molecular flexibility index (Phi) is 5.18. The van der Waals surface area contributed by atoms with Crippen LogP contribution in [0.1, 0.15) is 35.1 Å². The van der Waals surface area contributed by atoms with Crippen molar-refractivity contribution in [3.63, 3.8) is 0 Å². The zero-order valence-corrected chi connectivity index (χ0v) is 14.6. The maximum atomic E-state index is 11.5. The Morgan fingerprint density at radius 1 is 1.28 bits per heavy atom. The Morgan fingerprint density at radius 2 is 2.12 bits per heavy atom. The quantitative estimate of drug-likeness (QED) is 0.739. The monoisotopic (exact) mass is 346 g/mol. The number of hydrogen-bond donors (Lipinski definition) is 0. The van der Waals surface area contributed by atoms with Gasteiger partial charge in [-0.25, -0.2) is 14.5 Å². The molecule has 0 amide bonds. The van der Waals surface area contributed by atoms with Crippen molar-refractivity contribution in [3.8, 4) is 11.5 Å². The van der Waals surface area contributed by atoms with Crippen molar-refractivity contribution >= 4 is 5.97 Å². The van der Waals surface area contributed by atoms with Crippen molar-refractivity contribution in [2.75, 3.05) is 27.9 Å². The van der Waals surface area contributed by atoms with Crippen LogP contribution in [-0.2, 0) is 11.4 Å². The Morgan fingerprint density at radius 3 is 2.84 bits per heavy atom. The summed E-state index contributed by atoms with van der Waals surface area (Å²) in [7, 11) is 4.62. The first-order chi connectivity index (χ1) is 12.2. The van der Waals surface area contributed by atoms with Crippen molar-refractivity contribution in [1.82, 2.24) is 19.7 Å². The number of esters is 1. The van der Waals surface area contributed by atoms with Crippen molar-refractivity contribution in [1.29, 1.82) is 0 Å². The molecule has 8 nitrogen and oxygen atoms in total. The molecule has 1 aromatic heterocycles. The van der Waals surface area contributed by atoms with Crippen molar-refractivity contribution in [2.45, 2.75) is 25.6 Å². The topological polar surface area (TPSA) is 78.7 Å². The average Bonchev–Trinajstić information content (AvgIpc) is 3.30. The molecule has 1 aliphatic heterocycles. The molecule has 0 spiro atoms. The third-order valence-electron chi connectivity index (χ3n) is 4.39. The van der Waals surface area contributed by atoms with Gasteiger partial charge in [0.1, 0.15) is 17.8 Å². The van der Waals surface area contributed by atoms with E-state index in [1.165, 1.54) is 7.11 Å². The molecule has 1 saturated heterocycles. The molecule has 0 aliphatic carbocycles. The highest BCUT2D eigenvalue weighted by atomic mass is 16.5. The minimum Gasteiger partial charge on any atom is -0.497 e. The van der Waals surface area contributed by atoms with Crippen LogP contribution < -0.4 is 9.47 Å². The van der Waals surface area contributed by atoms with Crippen LogP contribution in [0.4, 0.5) is 0 Å². The predicted octanol–water partition coefficient (Wildman–Crippen LogP) is 1.88. The van der Waals surface area contributed by atoms with E-state index in [0.29, 0.717) is 6.67 Å². The largest absolute Gasteiger partial charge is 0.497 e. The normalized spacial score (nSPS) is 17.5. The molecule has 2 aromatic rings. The van der Waals surface area contributed by atoms with Gasteiger partial charge in [-0.3, -0.25) is 4.90 Å². The van der Waals surface area contributed by atoms with Crippen LogP contribution in [0.15, 0.2) is 24.5 Å². The third kappa shape index (κ3) is 3.58. The molecule has 0 bridgehead atoms. The Bertz CT molecular complexity index is 746. The molecule has 2 heterocycles. The summed E-state index contributed by atoms with van der Waals surface area (Å²) >= 11 is 0. The Labute approximate surface area is 146 Å². The van der Waals surface area contributed by atoms with Crippen LogP contribution in [0.25, 0.3) is 0 Å². The minimum absolute atomic E-state index is 0.0697. The molecule has 1 atom stereocenters. The van der Waals surface area contributed by atoms with Crippen LogP contribution in [-0.4, -0.2) is 53.5 Å². The van der Waals surface area contributed by atoms with Crippen LogP contribution in [0, 0.1) is 0 Å². The van der Waals surface area contributed by atoms with Gasteiger partial charge in [-0.1, -0.05) is 6.07 Å². The number of ether oxygens (including phenoxy) is 3. The maximum absolute atomic E-state index is 11.5. The number of benzene rings is 1. The molecule has 1 aliphatic rings. The lowest BCUT2D eigenvalue weighted by Gasteiger charge is -2.26. The summed E-state index contributed by atoms with van der Waals surface area (Å²) in [4.78, 5) is 17.8. The van der Waals surface area contributed by atoms with E-state index in [0.717, 1.165) is 36.4 Å². The van der Waals surface area contributed by atoms with Gasteiger partial charge in [-0.2, -0.15) is 0 Å². The molecule has 1 unspecified atom stereocenters. The third-order valence-corrected chi connectivity index (χ3v) is 4.39. The van der Waals surface area contributed by atoms with E-state index in [4.69, 9.17) is 9.47 Å². The highest BCUT2D eigenvalue weighted by molar-refractivity contribution is 5.84. The zero-order chi connectivity index (χ0) is 17.8. The summed E-state index contributed by atoms with van der Waals surface area (Å²) < 4.78 is 17.1. The molecule has 3 rings (SSSR count). The second-order valence-corrected chi connectivity index (χ2v) is 5.82. The van der Waals surface area contributed by atoms with E-state index < -0.39 is 5.97 Å². The lowest BCUT2D eigenvalue weighted by Crippen LogP contribution is -2.27. The van der Waals surface area contributed by atoms with Gasteiger partial charge in [-0.15, -0.1) is 5.10 Å². The van der Waals surface area contributed by atoms with E-state index in [1.807, 2.05) is 18.2 Å². The average molecular weight is 346 g/mol. The SMILES string of the molecule is COC(=O)c1ncn(CN2CCCC2c2ccc(OC)cc2OC)n1. The minimum atomic E-state index is -0.534. The number of methoxy groups -OCH3 is 3. The number of carbonyl (C=O) groups excluding carboxylic acids is 1. The van der Waals surface area contributed by atoms with Gasteiger partial charge in [0.15, 0.2) is 0 Å². The summed E-state index contributed by atoms with van der Waals surface area (Å²) in [6, 6.07) is 6.10. The fraction of sp³-hybridized carbons (Fsp3) is 0.471. The van der Waals surface area contributed by atoms with Gasteiger partial charge < -0.3 is 14.2 Å². The second-order valence-electron chi connectivity index (χ2n) is 5.82. The Balaban J connectivity index is 1.79. The molecular formula is C17H22N4O4. The number of aromatic nitrogens is 3. The smallest absolute Gasteiger partial charge is 0.377 e. The molecule has 25 heavy (non-hydrogen) atoms. The fourth-order valence-corrected chi connectivity index (χ4v) is 3.18. The lowest BCUT2D eigenvalue weighted by atomic mass is 10.0. The van der Waals surface area contributed by atoms with Crippen molar-refractivity contribution in [3.05, 3.63) is 35.9 Å². The van der Waals surface area contributed by atoms with E-state index in [2.05, 4.69) is 19.7 Å². The number of rotatable bonds is 6. The lowest BCUT2D eigenvalue weighted by molar-refractivity contribution is 0.0585. The number of carbonyl (C=O) groups is 1. The van der Waals surface area contributed by atoms with Gasteiger partial charge in [0.2, 0.25) is 0 Å². The molecular weight excluding hydrogens is 324 g/mol. The van der Waals surface area contributed by atoms with E-state index in [9.17, 15) is 4.79 Å². The maximum Gasteiger partial charge on any atom is 0.377 e. The molecule has 8 heteroatoms. The zero-order valence-electron chi connectivity index (χ0n) is 14.6. The van der Waals surface area contributed by atoms with Crippen LogP contribution in [0.2, 0.25) is 0 Å². The van der Waals surface area contributed by atoms with Crippen LogP contribution in [0.3, 0.4) is 0 Å². The number of nitrogens with zero attached hydrogens (tertiary/aromatic N) is 4. The predicted molar refractivity (Wildman–Crippen MR) is 89.6 cm³/mol. The van der Waals surface area contributed by atoms with Gasteiger partial charge in [0.05, 0.1) is 28.0 Å². The van der Waals surface area contributed by atoms with Crippen molar-refractivity contribution in [2.24, 2.45) is 0 Å². The van der Waals surface area contributed by atoms with E-state index >= 15 is 0 Å².